The number of nitrogens with two attached hydrogens (primary N) is 2. The van der Waals surface area contributed by atoms with Gasteiger partial charge in [0.1, 0.15) is 0 Å². The Kier molecular flexibility index (Phi) is 6.36. The summed E-state index contributed by atoms with van der Waals surface area (Å²) >= 11 is 0. The fourth-order valence-corrected chi connectivity index (χ4v) is 0.714. The van der Waals surface area contributed by atoms with Crippen LogP contribution in [0.2, 0.25) is 0 Å². The van der Waals surface area contributed by atoms with E-state index in [0.29, 0.717) is 13.0 Å². The van der Waals surface area contributed by atoms with Crippen molar-refractivity contribution in [1.82, 2.24) is 10.6 Å². The quantitative estimate of drug-likeness (QED) is 0.151. The van der Waals surface area contributed by atoms with Gasteiger partial charge in [-0.15, -0.1) is 0 Å². The Balaban J connectivity index is 3.54. The minimum Gasteiger partial charge on any atom is -0.370 e. The highest BCUT2D eigenvalue weighted by atomic mass is 16.2. The molecule has 0 aliphatic rings. The minimum atomic E-state index is -0.588. The molecule has 0 saturated heterocycles. The first kappa shape index (κ1) is 12.9. The second-order valence-corrected chi connectivity index (χ2v) is 2.72. The summed E-state index contributed by atoms with van der Waals surface area (Å²) in [6, 6.07) is 0. The van der Waals surface area contributed by atoms with E-state index in [0.717, 1.165) is 0 Å². The van der Waals surface area contributed by atoms with Crippen molar-refractivity contribution in [2.24, 2.45) is 11.5 Å². The SMILES string of the molecule is N=C(N)NCC/C=C/C(=O)NCC(N)=O. The van der Waals surface area contributed by atoms with Crippen LogP contribution < -0.4 is 22.1 Å². The van der Waals surface area contributed by atoms with Gasteiger partial charge in [-0.25, -0.2) is 0 Å². The summed E-state index contributed by atoms with van der Waals surface area (Å²) in [5.74, 6) is -1.08. The van der Waals surface area contributed by atoms with Gasteiger partial charge in [0, 0.05) is 6.54 Å². The lowest BCUT2D eigenvalue weighted by molar-refractivity contribution is -0.122. The van der Waals surface area contributed by atoms with E-state index >= 15 is 0 Å². The van der Waals surface area contributed by atoms with Crippen LogP contribution >= 0.6 is 0 Å². The van der Waals surface area contributed by atoms with E-state index in [1.54, 1.807) is 6.08 Å². The largest absolute Gasteiger partial charge is 0.370 e. The van der Waals surface area contributed by atoms with Gasteiger partial charge in [-0.05, 0) is 12.5 Å². The number of carbonyl (C=O) groups excluding carboxylic acids is 2. The van der Waals surface area contributed by atoms with Crippen molar-refractivity contribution in [2.45, 2.75) is 6.42 Å². The highest BCUT2D eigenvalue weighted by Crippen LogP contribution is 1.80. The number of nitrogens with one attached hydrogen (secondary N) is 3. The molecule has 0 aromatic rings. The summed E-state index contributed by atoms with van der Waals surface area (Å²) in [5, 5.41) is 11.7. The molecular formula is C8H15N5O2. The highest BCUT2D eigenvalue weighted by Gasteiger charge is 1.96. The van der Waals surface area contributed by atoms with Gasteiger partial charge >= 0.3 is 0 Å². The number of rotatable bonds is 6. The van der Waals surface area contributed by atoms with E-state index in [2.05, 4.69) is 10.6 Å². The van der Waals surface area contributed by atoms with Crippen LogP contribution in [-0.4, -0.2) is 30.9 Å². The lowest BCUT2D eigenvalue weighted by Crippen LogP contribution is -2.32. The molecule has 0 saturated carbocycles. The van der Waals surface area contributed by atoms with E-state index in [-0.39, 0.29) is 18.4 Å². The summed E-state index contributed by atoms with van der Waals surface area (Å²) in [5.41, 5.74) is 9.86. The molecule has 0 aliphatic heterocycles. The second kappa shape index (κ2) is 7.36. The van der Waals surface area contributed by atoms with Gasteiger partial charge in [0.05, 0.1) is 6.54 Å². The van der Waals surface area contributed by atoms with E-state index in [4.69, 9.17) is 16.9 Å². The Morgan fingerprint density at radius 3 is 2.47 bits per heavy atom. The maximum atomic E-state index is 11.0. The Hall–Kier alpha value is -2.05. The maximum absolute atomic E-state index is 11.0. The van der Waals surface area contributed by atoms with Crippen molar-refractivity contribution in [1.29, 1.82) is 5.41 Å². The van der Waals surface area contributed by atoms with Crippen LogP contribution in [0.3, 0.4) is 0 Å². The van der Waals surface area contributed by atoms with Crippen molar-refractivity contribution >= 4 is 17.8 Å². The van der Waals surface area contributed by atoms with Crippen molar-refractivity contribution < 1.29 is 9.59 Å². The summed E-state index contributed by atoms with van der Waals surface area (Å²) in [4.78, 5) is 21.2. The molecular weight excluding hydrogens is 198 g/mol. The predicted octanol–water partition coefficient (Wildman–Crippen LogP) is -1.98. The molecule has 0 aliphatic carbocycles. The van der Waals surface area contributed by atoms with Gasteiger partial charge in [0.15, 0.2) is 5.96 Å². The molecule has 7 N–H and O–H groups in total. The molecule has 0 bridgehead atoms. The van der Waals surface area contributed by atoms with Crippen LogP contribution in [0.1, 0.15) is 6.42 Å². The Morgan fingerprint density at radius 1 is 1.27 bits per heavy atom. The highest BCUT2D eigenvalue weighted by molar-refractivity contribution is 5.90. The van der Waals surface area contributed by atoms with Gasteiger partial charge in [-0.3, -0.25) is 15.0 Å². The topological polar surface area (TPSA) is 134 Å². The molecule has 84 valence electrons. The van der Waals surface area contributed by atoms with Crippen molar-refractivity contribution in [3.63, 3.8) is 0 Å². The number of hydrogen-bond acceptors (Lipinski definition) is 3. The van der Waals surface area contributed by atoms with Crippen molar-refractivity contribution in [3.05, 3.63) is 12.2 Å². The molecule has 0 heterocycles. The zero-order valence-electron chi connectivity index (χ0n) is 8.25. The molecule has 0 unspecified atom stereocenters. The molecule has 15 heavy (non-hydrogen) atoms. The smallest absolute Gasteiger partial charge is 0.244 e. The number of guanidine groups is 1. The van der Waals surface area contributed by atoms with Gasteiger partial charge < -0.3 is 22.1 Å². The summed E-state index contributed by atoms with van der Waals surface area (Å²) in [6.45, 7) is 0.309. The summed E-state index contributed by atoms with van der Waals surface area (Å²) in [7, 11) is 0. The van der Waals surface area contributed by atoms with Crippen LogP contribution in [0, 0.1) is 5.41 Å². The first-order valence-corrected chi connectivity index (χ1v) is 4.33. The monoisotopic (exact) mass is 213 g/mol. The van der Waals surface area contributed by atoms with Gasteiger partial charge in [-0.1, -0.05) is 6.08 Å². The first-order valence-electron chi connectivity index (χ1n) is 4.33. The number of primary amides is 1. The first-order chi connectivity index (χ1) is 7.02. The minimum absolute atomic E-state index is 0.110. The van der Waals surface area contributed by atoms with Crippen LogP contribution in [0.5, 0.6) is 0 Å². The molecule has 0 spiro atoms. The Bertz CT molecular complexity index is 274. The average molecular weight is 213 g/mol. The van der Waals surface area contributed by atoms with Crippen molar-refractivity contribution in [2.75, 3.05) is 13.1 Å². The van der Waals surface area contributed by atoms with Gasteiger partial charge in [0.2, 0.25) is 11.8 Å². The zero-order valence-corrected chi connectivity index (χ0v) is 8.25. The molecule has 0 rings (SSSR count). The predicted molar refractivity (Wildman–Crippen MR) is 55.9 cm³/mol. The van der Waals surface area contributed by atoms with E-state index < -0.39 is 5.91 Å². The third-order valence-electron chi connectivity index (χ3n) is 1.33. The molecule has 2 amide bonds. The number of amides is 2. The molecule has 0 aromatic heterocycles. The summed E-state index contributed by atoms with van der Waals surface area (Å²) < 4.78 is 0. The summed E-state index contributed by atoms with van der Waals surface area (Å²) in [6.07, 6.45) is 3.46. The van der Waals surface area contributed by atoms with E-state index in [9.17, 15) is 9.59 Å². The standard InChI is InChI=1S/C8H15N5O2/c9-6(14)5-13-7(15)3-1-2-4-12-8(10)11/h1,3H,2,4-5H2,(H2,9,14)(H,13,15)(H4,10,11,12)/b3-1+. The second-order valence-electron chi connectivity index (χ2n) is 2.72. The fourth-order valence-electron chi connectivity index (χ4n) is 0.714. The van der Waals surface area contributed by atoms with Crippen LogP contribution in [0.25, 0.3) is 0 Å². The Morgan fingerprint density at radius 2 is 1.93 bits per heavy atom. The molecule has 0 fully saturated rings. The van der Waals surface area contributed by atoms with Crippen LogP contribution in [-0.2, 0) is 9.59 Å². The number of hydrogen-bond donors (Lipinski definition) is 5. The third kappa shape index (κ3) is 9.87. The molecule has 0 atom stereocenters. The lowest BCUT2D eigenvalue weighted by Gasteiger charge is -1.99. The zero-order chi connectivity index (χ0) is 11.7. The average Bonchev–Trinajstić information content (AvgIpc) is 2.13. The molecule has 0 radical (unpaired) electrons. The maximum Gasteiger partial charge on any atom is 0.244 e. The van der Waals surface area contributed by atoms with Crippen LogP contribution in [0.4, 0.5) is 0 Å². The number of carbonyl (C=O) groups is 2. The molecule has 7 nitrogen and oxygen atoms in total. The Labute approximate surface area is 87.4 Å². The third-order valence-corrected chi connectivity index (χ3v) is 1.33. The lowest BCUT2D eigenvalue weighted by atomic mass is 10.3. The van der Waals surface area contributed by atoms with E-state index in [1.165, 1.54) is 6.08 Å². The van der Waals surface area contributed by atoms with Gasteiger partial charge in [0.25, 0.3) is 0 Å². The van der Waals surface area contributed by atoms with Crippen LogP contribution in [0.15, 0.2) is 12.2 Å². The van der Waals surface area contributed by atoms with E-state index in [1.807, 2.05) is 0 Å². The fraction of sp³-hybridized carbons (Fsp3) is 0.375. The molecule has 0 aromatic carbocycles. The molecule has 7 heteroatoms. The van der Waals surface area contributed by atoms with Gasteiger partial charge in [-0.2, -0.15) is 0 Å². The van der Waals surface area contributed by atoms with Crippen molar-refractivity contribution in [3.8, 4) is 0 Å². The normalized spacial score (nSPS) is 9.87.